The largest absolute Gasteiger partial charge is 0.414 e. The monoisotopic (exact) mass is 347 g/mol. The van der Waals surface area contributed by atoms with Gasteiger partial charge in [-0.05, 0) is 24.8 Å². The second-order valence-electron chi connectivity index (χ2n) is 5.55. The number of aliphatic hydroxyl groups excluding tert-OH is 1. The minimum Gasteiger partial charge on any atom is -0.383 e. The maximum Gasteiger partial charge on any atom is 0.414 e. The Hall–Kier alpha value is -2.36. The summed E-state index contributed by atoms with van der Waals surface area (Å²) in [6.45, 7) is 0.136. The molecule has 24 heavy (non-hydrogen) atoms. The molecule has 7 nitrogen and oxygen atoms in total. The Morgan fingerprint density at radius 2 is 2.00 bits per heavy atom. The predicted molar refractivity (Wildman–Crippen MR) is 78.5 cm³/mol. The standard InChI is InChI=1S/C14H16F3N3O4/c15-14(16,17)12(21)9-4-6-19(7-5-9)13(22)18-10-2-1-3-11(8-10)20(23)24/h1-3,8-9,12,21H,4-7H2,(H,18,22). The zero-order valence-corrected chi connectivity index (χ0v) is 12.5. The van der Waals surface area contributed by atoms with Gasteiger partial charge >= 0.3 is 12.2 Å². The number of piperidine rings is 1. The highest BCUT2D eigenvalue weighted by Crippen LogP contribution is 2.31. The van der Waals surface area contributed by atoms with Crippen LogP contribution in [0.4, 0.5) is 29.3 Å². The summed E-state index contributed by atoms with van der Waals surface area (Å²) in [7, 11) is 0. The van der Waals surface area contributed by atoms with Crippen molar-refractivity contribution in [3.05, 3.63) is 34.4 Å². The Balaban J connectivity index is 1.91. The molecule has 1 aromatic carbocycles. The molecule has 2 amide bonds. The van der Waals surface area contributed by atoms with Gasteiger partial charge in [-0.3, -0.25) is 10.1 Å². The van der Waals surface area contributed by atoms with E-state index in [1.54, 1.807) is 0 Å². The van der Waals surface area contributed by atoms with Crippen molar-refractivity contribution in [3.63, 3.8) is 0 Å². The van der Waals surface area contributed by atoms with Gasteiger partial charge in [-0.2, -0.15) is 13.2 Å². The van der Waals surface area contributed by atoms with Gasteiger partial charge in [-0.25, -0.2) is 4.79 Å². The molecule has 132 valence electrons. The molecule has 0 aliphatic carbocycles. The quantitative estimate of drug-likeness (QED) is 0.649. The first-order chi connectivity index (χ1) is 11.2. The molecule has 0 saturated carbocycles. The minimum absolute atomic E-state index is 0.0308. The third-order valence-electron chi connectivity index (χ3n) is 3.92. The molecule has 1 saturated heterocycles. The van der Waals surface area contributed by atoms with Gasteiger partial charge in [0, 0.05) is 30.9 Å². The van der Waals surface area contributed by atoms with Crippen LogP contribution in [0.25, 0.3) is 0 Å². The van der Waals surface area contributed by atoms with Crippen LogP contribution in [0.3, 0.4) is 0 Å². The van der Waals surface area contributed by atoms with Gasteiger partial charge in [0.15, 0.2) is 6.10 Å². The number of carbonyl (C=O) groups excluding carboxylic acids is 1. The molecule has 1 fully saturated rings. The molecule has 0 spiro atoms. The van der Waals surface area contributed by atoms with Crippen LogP contribution in [0.5, 0.6) is 0 Å². The number of likely N-dealkylation sites (tertiary alicyclic amines) is 1. The Bertz CT molecular complexity index is 616. The molecule has 2 rings (SSSR count). The van der Waals surface area contributed by atoms with E-state index in [-0.39, 0.29) is 37.3 Å². The van der Waals surface area contributed by atoms with Crippen LogP contribution in [0, 0.1) is 16.0 Å². The third-order valence-corrected chi connectivity index (χ3v) is 3.92. The van der Waals surface area contributed by atoms with Gasteiger partial charge in [-0.15, -0.1) is 0 Å². The van der Waals surface area contributed by atoms with Gasteiger partial charge < -0.3 is 15.3 Å². The van der Waals surface area contributed by atoms with Crippen LogP contribution in [-0.4, -0.2) is 46.3 Å². The molecular weight excluding hydrogens is 331 g/mol. The molecule has 0 bridgehead atoms. The Kier molecular flexibility index (Phi) is 5.27. The number of alkyl halides is 3. The van der Waals surface area contributed by atoms with Crippen molar-refractivity contribution in [2.24, 2.45) is 5.92 Å². The average molecular weight is 347 g/mol. The number of urea groups is 1. The number of hydrogen-bond donors (Lipinski definition) is 2. The van der Waals surface area contributed by atoms with E-state index in [9.17, 15) is 33.2 Å². The molecule has 0 radical (unpaired) electrons. The maximum atomic E-state index is 12.5. The highest BCUT2D eigenvalue weighted by Gasteiger charge is 2.44. The number of carbonyl (C=O) groups is 1. The molecule has 10 heteroatoms. The van der Waals surface area contributed by atoms with Crippen LogP contribution >= 0.6 is 0 Å². The van der Waals surface area contributed by atoms with Crippen molar-refractivity contribution >= 4 is 17.4 Å². The molecule has 1 unspecified atom stereocenters. The van der Waals surface area contributed by atoms with E-state index in [1.807, 2.05) is 0 Å². The first kappa shape index (κ1) is 18.0. The lowest BCUT2D eigenvalue weighted by molar-refractivity contribution is -0.384. The lowest BCUT2D eigenvalue weighted by Gasteiger charge is -2.34. The van der Waals surface area contributed by atoms with Crippen LogP contribution in [0.15, 0.2) is 24.3 Å². The maximum absolute atomic E-state index is 12.5. The topological polar surface area (TPSA) is 95.7 Å². The van der Waals surface area contributed by atoms with Crippen molar-refractivity contribution in [3.8, 4) is 0 Å². The van der Waals surface area contributed by atoms with Crippen LogP contribution < -0.4 is 5.32 Å². The van der Waals surface area contributed by atoms with Gasteiger partial charge in [0.25, 0.3) is 5.69 Å². The van der Waals surface area contributed by atoms with Crippen LogP contribution in [0.2, 0.25) is 0 Å². The van der Waals surface area contributed by atoms with E-state index in [2.05, 4.69) is 5.32 Å². The SMILES string of the molecule is O=C(Nc1cccc([N+](=O)[O-])c1)N1CCC(C(O)C(F)(F)F)CC1. The molecule has 2 N–H and O–H groups in total. The zero-order valence-electron chi connectivity index (χ0n) is 12.5. The normalized spacial score (nSPS) is 17.4. The summed E-state index contributed by atoms with van der Waals surface area (Å²) in [5, 5.41) is 22.4. The molecule has 0 aromatic heterocycles. The fraction of sp³-hybridized carbons (Fsp3) is 0.500. The van der Waals surface area contributed by atoms with Crippen LogP contribution in [-0.2, 0) is 0 Å². The van der Waals surface area contributed by atoms with Gasteiger partial charge in [0.1, 0.15) is 0 Å². The lowest BCUT2D eigenvalue weighted by Crippen LogP contribution is -2.46. The van der Waals surface area contributed by atoms with Crippen molar-refractivity contribution in [2.45, 2.75) is 25.1 Å². The first-order valence-corrected chi connectivity index (χ1v) is 7.23. The number of amides is 2. The Labute approximate surface area is 135 Å². The molecule has 1 heterocycles. The summed E-state index contributed by atoms with van der Waals surface area (Å²) in [5.41, 5.74) is 0.0476. The zero-order chi connectivity index (χ0) is 17.9. The van der Waals surface area contributed by atoms with Crippen molar-refractivity contribution < 1.29 is 28.0 Å². The molecule has 1 aromatic rings. The highest BCUT2D eigenvalue weighted by molar-refractivity contribution is 5.89. The van der Waals surface area contributed by atoms with E-state index in [4.69, 9.17) is 0 Å². The predicted octanol–water partition coefficient (Wildman–Crippen LogP) is 2.76. The number of rotatable bonds is 3. The molecule has 1 aliphatic rings. The number of aliphatic hydroxyl groups is 1. The van der Waals surface area contributed by atoms with E-state index in [0.29, 0.717) is 0 Å². The second-order valence-corrected chi connectivity index (χ2v) is 5.55. The lowest BCUT2D eigenvalue weighted by atomic mass is 9.91. The summed E-state index contributed by atoms with van der Waals surface area (Å²) >= 11 is 0. The Morgan fingerprint density at radius 1 is 1.38 bits per heavy atom. The van der Waals surface area contributed by atoms with E-state index in [0.717, 1.165) is 0 Å². The summed E-state index contributed by atoms with van der Waals surface area (Å²) in [5.74, 6) is -0.938. The van der Waals surface area contributed by atoms with Gasteiger partial charge in [0.2, 0.25) is 0 Å². The number of nitrogens with zero attached hydrogens (tertiary/aromatic N) is 2. The molecule has 1 atom stereocenters. The fourth-order valence-electron chi connectivity index (χ4n) is 2.59. The summed E-state index contributed by atoms with van der Waals surface area (Å²) in [6.07, 6.45) is -7.00. The summed E-state index contributed by atoms with van der Waals surface area (Å²) < 4.78 is 37.4. The number of anilines is 1. The number of nitro groups is 1. The number of nitro benzene ring substituents is 1. The number of hydrogen-bond acceptors (Lipinski definition) is 4. The minimum atomic E-state index is -4.67. The fourth-order valence-corrected chi connectivity index (χ4v) is 2.59. The average Bonchev–Trinajstić information content (AvgIpc) is 2.53. The highest BCUT2D eigenvalue weighted by atomic mass is 19.4. The van der Waals surface area contributed by atoms with E-state index >= 15 is 0 Å². The molecule has 1 aliphatic heterocycles. The number of nitrogens with one attached hydrogen (secondary N) is 1. The summed E-state index contributed by atoms with van der Waals surface area (Å²) in [4.78, 5) is 23.5. The van der Waals surface area contributed by atoms with Crippen LogP contribution in [0.1, 0.15) is 12.8 Å². The second kappa shape index (κ2) is 7.04. The first-order valence-electron chi connectivity index (χ1n) is 7.23. The van der Waals surface area contributed by atoms with E-state index < -0.39 is 29.2 Å². The van der Waals surface area contributed by atoms with E-state index in [1.165, 1.54) is 29.2 Å². The smallest absolute Gasteiger partial charge is 0.383 e. The van der Waals surface area contributed by atoms with Crippen molar-refractivity contribution in [2.75, 3.05) is 18.4 Å². The number of benzene rings is 1. The number of non-ortho nitro benzene ring substituents is 1. The Morgan fingerprint density at radius 3 is 2.54 bits per heavy atom. The number of halogens is 3. The summed E-state index contributed by atoms with van der Waals surface area (Å²) in [6, 6.07) is 4.82. The van der Waals surface area contributed by atoms with Gasteiger partial charge in [-0.1, -0.05) is 6.07 Å². The molecular formula is C14H16F3N3O4. The van der Waals surface area contributed by atoms with Crippen molar-refractivity contribution in [1.82, 2.24) is 4.90 Å². The third kappa shape index (κ3) is 4.34. The van der Waals surface area contributed by atoms with Crippen molar-refractivity contribution in [1.29, 1.82) is 0 Å². The van der Waals surface area contributed by atoms with Gasteiger partial charge in [0.05, 0.1) is 4.92 Å².